The van der Waals surface area contributed by atoms with Crippen molar-refractivity contribution >= 4 is 107 Å². The molecule has 0 unspecified atom stereocenters. The molecule has 4 saturated heterocycles. The van der Waals surface area contributed by atoms with Gasteiger partial charge in [-0.05, 0) is 211 Å². The monoisotopic (exact) mass is 1660 g/mol. The van der Waals surface area contributed by atoms with E-state index in [2.05, 4.69) is 71.7 Å². The second-order valence-corrected chi connectivity index (χ2v) is 34.8. The Morgan fingerprint density at radius 1 is 0.450 bits per heavy atom. The normalized spacial score (nSPS) is 17.4. The first kappa shape index (κ1) is 82.8. The smallest absolute Gasteiger partial charge is 0.444 e. The highest BCUT2D eigenvalue weighted by Crippen LogP contribution is 2.41. The third-order valence-corrected chi connectivity index (χ3v) is 20.9. The van der Waals surface area contributed by atoms with Gasteiger partial charge < -0.3 is 62.0 Å². The fraction of sp³-hybridized carbons (Fsp3) is 0.481. The number of aromatic amines is 3. The van der Waals surface area contributed by atoms with Gasteiger partial charge >= 0.3 is 25.4 Å². The van der Waals surface area contributed by atoms with Gasteiger partial charge in [0.1, 0.15) is 34.3 Å². The van der Waals surface area contributed by atoms with Crippen molar-refractivity contribution in [3.63, 3.8) is 0 Å². The number of aryl methyl sites for hydroxylation is 5. The number of carbonyl (C=O) groups is 3. The van der Waals surface area contributed by atoms with Crippen molar-refractivity contribution in [3.05, 3.63) is 171 Å². The molecule has 0 bridgehead atoms. The molecule has 0 aliphatic carbocycles. The lowest BCUT2D eigenvalue weighted by Crippen LogP contribution is -2.46. The lowest BCUT2D eigenvalue weighted by molar-refractivity contribution is -0.000937. The fourth-order valence-electron chi connectivity index (χ4n) is 13.5. The Hall–Kier alpha value is -9.14. The molecule has 0 radical (unpaired) electrons. The number of aromatic nitrogens is 10. The van der Waals surface area contributed by atoms with Crippen LogP contribution in [0, 0.1) is 46.3 Å². The number of imidazole rings is 2. The van der Waals surface area contributed by atoms with Crippen LogP contribution in [0.2, 0.25) is 0 Å². The molecule has 4 aliphatic rings. The van der Waals surface area contributed by atoms with Gasteiger partial charge in [0.25, 0.3) is 16.7 Å². The second-order valence-electron chi connectivity index (χ2n) is 33.0. The largest absolute Gasteiger partial charge is 0.494 e. The molecule has 0 spiro atoms. The molecule has 32 heteroatoms. The molecule has 4 fully saturated rings. The number of alkyl halides is 3. The minimum atomic E-state index is -1.88. The number of hydrogen-bond donors (Lipinski definition) is 3. The lowest BCUT2D eigenvalue weighted by Gasteiger charge is -2.36. The van der Waals surface area contributed by atoms with Gasteiger partial charge in [-0.1, -0.05) is 22.0 Å². The van der Waals surface area contributed by atoms with E-state index < -0.39 is 87.3 Å². The van der Waals surface area contributed by atoms with E-state index in [1.807, 2.05) is 60.6 Å². The summed E-state index contributed by atoms with van der Waals surface area (Å²) in [6.45, 7) is 34.1. The predicted molar refractivity (Wildman–Crippen MR) is 421 cm³/mol. The molecule has 7 aromatic heterocycles. The summed E-state index contributed by atoms with van der Waals surface area (Å²) in [6, 6.07) is 13.3. The van der Waals surface area contributed by atoms with Crippen LogP contribution in [0.3, 0.4) is 0 Å². The average molecular weight is 1670 g/mol. The topological polar surface area (TPSA) is 279 Å². The number of halogens is 7. The molecule has 14 rings (SSSR count). The molecule has 3 amide bonds. The first-order valence-corrected chi connectivity index (χ1v) is 38.2. The van der Waals surface area contributed by atoms with Crippen LogP contribution in [0.4, 0.5) is 36.3 Å². The Morgan fingerprint density at radius 3 is 1.18 bits per heavy atom. The van der Waals surface area contributed by atoms with E-state index in [0.717, 1.165) is 21.3 Å². The van der Waals surface area contributed by atoms with Crippen molar-refractivity contribution < 1.29 is 59.9 Å². The van der Waals surface area contributed by atoms with Crippen LogP contribution in [0.15, 0.2) is 96.6 Å². The number of benzene rings is 3. The SMILES string of the molecule is Cc1cc(B2OC(C)(C)C(C)(C)O2)cc2c(=O)[nH]c(C3(F)CCN(C(=O)OC(C)(C)C)CC3)nc12.Cc1cc(Br)cc2c(=O)[nH]c(C3(F)CCN(C(=O)OC(C)(C)C)CC3)nc12.Cc1cn2cc(-c3cc(C)c4nc(C5(F)CCN(C(=O)OC(C)(C)C)CC5)[nH]c(=O)c4c3)cc(F)c2n1.Cc1cn2cc(Br)cc(F)c2n1. The number of piperidine rings is 3. The number of carbonyl (C=O) groups excluding carboxylic acids is 3. The van der Waals surface area contributed by atoms with Crippen molar-refractivity contribution in [3.8, 4) is 11.1 Å². The van der Waals surface area contributed by atoms with Crippen LogP contribution in [0.25, 0.3) is 55.1 Å². The van der Waals surface area contributed by atoms with Crippen LogP contribution in [-0.4, -0.2) is 156 Å². The zero-order valence-electron chi connectivity index (χ0n) is 65.6. The molecule has 0 atom stereocenters. The number of rotatable bonds is 5. The Kier molecular flexibility index (Phi) is 22.9. The van der Waals surface area contributed by atoms with Gasteiger partial charge in [0.05, 0.1) is 55.3 Å². The van der Waals surface area contributed by atoms with Gasteiger partial charge in [-0.15, -0.1) is 0 Å². The summed E-state index contributed by atoms with van der Waals surface area (Å²) in [4.78, 5) is 109. The Balaban J connectivity index is 0.000000154. The van der Waals surface area contributed by atoms with Gasteiger partial charge in [-0.3, -0.25) is 14.4 Å². The fourth-order valence-corrected chi connectivity index (χ4v) is 14.4. The van der Waals surface area contributed by atoms with Crippen molar-refractivity contribution in [2.45, 2.75) is 208 Å². The van der Waals surface area contributed by atoms with Gasteiger partial charge in [-0.25, -0.2) is 61.3 Å². The summed E-state index contributed by atoms with van der Waals surface area (Å²) in [7, 11) is -0.619. The Labute approximate surface area is 655 Å². The molecular formula is C79H93BBr2F5N13O11. The maximum Gasteiger partial charge on any atom is 0.494 e. The van der Waals surface area contributed by atoms with E-state index >= 15 is 13.2 Å². The minimum Gasteiger partial charge on any atom is -0.444 e. The highest BCUT2D eigenvalue weighted by Gasteiger charge is 2.52. The van der Waals surface area contributed by atoms with E-state index in [0.29, 0.717) is 65.3 Å². The summed E-state index contributed by atoms with van der Waals surface area (Å²) in [6.07, 6.45) is 5.75. The number of ether oxygens (including phenoxy) is 3. The van der Waals surface area contributed by atoms with Gasteiger partial charge in [-0.2, -0.15) is 0 Å². The van der Waals surface area contributed by atoms with Gasteiger partial charge in [0, 0.05) is 117 Å². The summed E-state index contributed by atoms with van der Waals surface area (Å²) < 4.78 is 108. The predicted octanol–water partition coefficient (Wildman–Crippen LogP) is 15.6. The van der Waals surface area contributed by atoms with Crippen LogP contribution in [-0.2, 0) is 40.5 Å². The third-order valence-electron chi connectivity index (χ3n) is 20.0. The Morgan fingerprint density at radius 2 is 0.793 bits per heavy atom. The number of hydrogen-bond acceptors (Lipinski definition) is 16. The van der Waals surface area contributed by atoms with E-state index in [4.69, 9.17) is 23.5 Å². The maximum atomic E-state index is 16.0. The van der Waals surface area contributed by atoms with Crippen LogP contribution in [0.1, 0.15) is 174 Å². The number of fused-ring (bicyclic) bond motifs is 5. The summed E-state index contributed by atoms with van der Waals surface area (Å²) in [5, 5.41) is 1.06. The van der Waals surface area contributed by atoms with Crippen LogP contribution >= 0.6 is 31.9 Å². The number of pyridine rings is 2. The maximum absolute atomic E-state index is 16.0. The van der Waals surface area contributed by atoms with Crippen molar-refractivity contribution in [2.75, 3.05) is 39.3 Å². The molecule has 592 valence electrons. The molecule has 4 aliphatic heterocycles. The Bertz CT molecular complexity index is 5450. The third kappa shape index (κ3) is 18.5. The van der Waals surface area contributed by atoms with Gasteiger partial charge in [0.15, 0.2) is 39.9 Å². The van der Waals surface area contributed by atoms with E-state index in [-0.39, 0.29) is 118 Å². The molecule has 0 saturated carbocycles. The molecule has 11 heterocycles. The highest BCUT2D eigenvalue weighted by molar-refractivity contribution is 9.10. The van der Waals surface area contributed by atoms with E-state index in [1.54, 1.807) is 134 Å². The number of amides is 3. The number of likely N-dealkylation sites (tertiary alicyclic amines) is 3. The molecule has 24 nitrogen and oxygen atoms in total. The molecule has 3 aromatic carbocycles. The molecular weight excluding hydrogens is 1570 g/mol. The zero-order chi connectivity index (χ0) is 81.4. The van der Waals surface area contributed by atoms with Crippen molar-refractivity contribution in [1.82, 2.24) is 63.4 Å². The quantitative estimate of drug-likeness (QED) is 0.0820. The zero-order valence-corrected chi connectivity index (χ0v) is 68.8. The van der Waals surface area contributed by atoms with Crippen LogP contribution < -0.4 is 22.1 Å². The summed E-state index contributed by atoms with van der Waals surface area (Å²) in [5.41, 5.74) is -2.13. The first-order valence-electron chi connectivity index (χ1n) is 36.6. The highest BCUT2D eigenvalue weighted by atomic mass is 79.9. The standard InChI is InChI=1S/C27H29F2N5O3.C25H35BFN3O5.C19H23BrFN3O3.C8H6BrFN2/c1-15-10-17(18-12-20(28)22-30-16(2)13-34(22)14-18)11-19-21(15)31-24(32-23(19)35)27(29)6-8-33(9-7-27)25(36)37-26(3,4)5;1-15-13-16(26-34-23(5,6)24(7,8)35-26)14-17-18(15)28-20(29-19(17)31)25(27)9-11-30(12-10-25)21(32)33-22(2,3)4;1-11-9-12(20)10-13-14(11)22-16(23-15(13)25)19(21)5-7-24(8-6-19)17(26)27-18(2,3)4;1-5-3-12-4-6(9)2-7(10)8(12)11-5/h10-14H,6-9H2,1-5H3,(H,31,32,35);13-14H,9-12H2,1-8H3,(H,28,29,31);9-10H,5-8H2,1-4H3,(H,22,23,25);2-4H,1H3. The minimum absolute atomic E-state index is 0.00896. The number of H-pyrrole nitrogens is 3. The van der Waals surface area contributed by atoms with E-state index in [1.165, 1.54) is 26.8 Å². The van der Waals surface area contributed by atoms with Gasteiger partial charge in [0.2, 0.25) is 0 Å². The summed E-state index contributed by atoms with van der Waals surface area (Å²) >= 11 is 6.56. The first-order chi connectivity index (χ1) is 51.5. The van der Waals surface area contributed by atoms with E-state index in [9.17, 15) is 37.5 Å². The second kappa shape index (κ2) is 30.8. The average Bonchev–Trinajstić information content (AvgIpc) is 1.63. The van der Waals surface area contributed by atoms with Crippen molar-refractivity contribution in [1.29, 1.82) is 0 Å². The number of nitrogens with one attached hydrogen (secondary N) is 3. The molecule has 3 N–H and O–H groups in total. The number of nitrogens with zero attached hydrogens (tertiary/aromatic N) is 10. The molecule has 111 heavy (non-hydrogen) atoms. The van der Waals surface area contributed by atoms with Crippen LogP contribution in [0.5, 0.6) is 0 Å². The lowest BCUT2D eigenvalue weighted by atomic mass is 9.77. The van der Waals surface area contributed by atoms with Crippen molar-refractivity contribution in [2.24, 2.45) is 0 Å². The molecule has 10 aromatic rings. The summed E-state index contributed by atoms with van der Waals surface area (Å²) in [5.74, 6) is -0.814.